The summed E-state index contributed by atoms with van der Waals surface area (Å²) in [7, 11) is 0. The summed E-state index contributed by atoms with van der Waals surface area (Å²) in [6, 6.07) is 3.35. The van der Waals surface area contributed by atoms with Crippen molar-refractivity contribution in [1.82, 2.24) is 9.88 Å². The molecule has 0 spiro atoms. The Morgan fingerprint density at radius 2 is 2.00 bits per heavy atom. The number of aryl methyl sites for hydroxylation is 1. The van der Waals surface area contributed by atoms with Crippen LogP contribution in [0.15, 0.2) is 23.7 Å². The molecule has 0 atom stereocenters. The maximum atomic E-state index is 12.6. The van der Waals surface area contributed by atoms with Crippen molar-refractivity contribution in [2.45, 2.75) is 6.92 Å². The van der Waals surface area contributed by atoms with E-state index in [0.717, 1.165) is 5.56 Å². The normalized spacial score (nSPS) is 14.8. The number of amides is 2. The number of carbonyl (C=O) groups is 2. The van der Waals surface area contributed by atoms with Gasteiger partial charge >= 0.3 is 0 Å². The maximum Gasteiger partial charge on any atom is 0.265 e. The van der Waals surface area contributed by atoms with E-state index in [-0.39, 0.29) is 5.91 Å². The van der Waals surface area contributed by atoms with Gasteiger partial charge in [0.25, 0.3) is 11.8 Å². The number of aromatic nitrogens is 1. The van der Waals surface area contributed by atoms with E-state index in [1.54, 1.807) is 23.2 Å². The van der Waals surface area contributed by atoms with Gasteiger partial charge in [0.05, 0.1) is 10.6 Å². The van der Waals surface area contributed by atoms with E-state index >= 15 is 0 Å². The molecule has 1 aliphatic heterocycles. The number of piperazine rings is 1. The number of carbonyl (C=O) groups excluding carboxylic acids is 2. The lowest BCUT2D eigenvalue weighted by Gasteiger charge is -2.35. The Kier molecular flexibility index (Phi) is 4.73. The Labute approximate surface area is 148 Å². The minimum absolute atomic E-state index is 0.0473. The van der Waals surface area contributed by atoms with Gasteiger partial charge in [0, 0.05) is 32.4 Å². The average molecular weight is 365 g/mol. The van der Waals surface area contributed by atoms with Crippen molar-refractivity contribution in [1.29, 1.82) is 0 Å². The minimum Gasteiger partial charge on any atom is -0.365 e. The van der Waals surface area contributed by atoms with Crippen molar-refractivity contribution in [2.24, 2.45) is 5.73 Å². The zero-order chi connectivity index (χ0) is 17.3. The van der Waals surface area contributed by atoms with Gasteiger partial charge in [-0.3, -0.25) is 9.59 Å². The Hall–Kier alpha value is -2.12. The van der Waals surface area contributed by atoms with E-state index in [9.17, 15) is 9.59 Å². The number of nitrogens with zero attached hydrogens (tertiary/aromatic N) is 3. The lowest BCUT2D eigenvalue weighted by Crippen LogP contribution is -2.49. The maximum absolute atomic E-state index is 12.6. The molecule has 1 aliphatic rings. The molecule has 2 amide bonds. The highest BCUT2D eigenvalue weighted by Gasteiger charge is 2.27. The molecule has 24 heavy (non-hydrogen) atoms. The van der Waals surface area contributed by atoms with Crippen LogP contribution < -0.4 is 10.6 Å². The van der Waals surface area contributed by atoms with Crippen LogP contribution in [-0.2, 0) is 0 Å². The molecule has 0 unspecified atom stereocenters. The van der Waals surface area contributed by atoms with Gasteiger partial charge < -0.3 is 15.5 Å². The second-order valence-corrected chi connectivity index (χ2v) is 6.84. The number of hydrogen-bond donors (Lipinski definition) is 1. The van der Waals surface area contributed by atoms with Crippen molar-refractivity contribution < 1.29 is 9.59 Å². The Morgan fingerprint density at radius 1 is 1.29 bits per heavy atom. The number of anilines is 1. The van der Waals surface area contributed by atoms with E-state index in [1.165, 1.54) is 11.3 Å². The lowest BCUT2D eigenvalue weighted by molar-refractivity contribution is 0.0750. The fraction of sp³-hybridized carbons (Fsp3) is 0.312. The molecule has 0 aromatic carbocycles. The summed E-state index contributed by atoms with van der Waals surface area (Å²) in [4.78, 5) is 32.7. The SMILES string of the molecule is Cc1csc(C(=O)N2CCN(c3ncccc3C(N)=O)CC2)c1Cl. The van der Waals surface area contributed by atoms with Crippen LogP contribution >= 0.6 is 22.9 Å². The highest BCUT2D eigenvalue weighted by molar-refractivity contribution is 7.13. The van der Waals surface area contributed by atoms with Crippen LogP contribution in [0.2, 0.25) is 5.02 Å². The van der Waals surface area contributed by atoms with Crippen LogP contribution in [0.1, 0.15) is 25.6 Å². The summed E-state index contributed by atoms with van der Waals surface area (Å²) in [5.74, 6) is 0.0217. The molecule has 2 aromatic rings. The average Bonchev–Trinajstić information content (AvgIpc) is 2.93. The van der Waals surface area contributed by atoms with Crippen LogP contribution in [-0.4, -0.2) is 47.9 Å². The fourth-order valence-electron chi connectivity index (χ4n) is 2.68. The van der Waals surface area contributed by atoms with Gasteiger partial charge in [-0.25, -0.2) is 4.98 Å². The smallest absolute Gasteiger partial charge is 0.265 e. The van der Waals surface area contributed by atoms with Gasteiger partial charge in [-0.05, 0) is 30.0 Å². The third-order valence-electron chi connectivity index (χ3n) is 4.01. The Morgan fingerprint density at radius 3 is 2.58 bits per heavy atom. The molecule has 3 heterocycles. The van der Waals surface area contributed by atoms with E-state index < -0.39 is 5.91 Å². The third kappa shape index (κ3) is 3.09. The number of rotatable bonds is 3. The summed E-state index contributed by atoms with van der Waals surface area (Å²) in [5.41, 5.74) is 6.73. The zero-order valence-electron chi connectivity index (χ0n) is 13.2. The quantitative estimate of drug-likeness (QED) is 0.905. The van der Waals surface area contributed by atoms with E-state index in [4.69, 9.17) is 17.3 Å². The number of primary amides is 1. The van der Waals surface area contributed by atoms with Gasteiger partial charge in [0.2, 0.25) is 0 Å². The van der Waals surface area contributed by atoms with Gasteiger partial charge in [0.15, 0.2) is 0 Å². The number of halogens is 1. The summed E-state index contributed by atoms with van der Waals surface area (Å²) < 4.78 is 0. The second-order valence-electron chi connectivity index (χ2n) is 5.58. The molecule has 6 nitrogen and oxygen atoms in total. The molecule has 126 valence electrons. The number of hydrogen-bond acceptors (Lipinski definition) is 5. The van der Waals surface area contributed by atoms with Gasteiger partial charge in [-0.1, -0.05) is 11.6 Å². The predicted octanol–water partition coefficient (Wildman–Crippen LogP) is 2.17. The Balaban J connectivity index is 1.71. The first kappa shape index (κ1) is 16.7. The van der Waals surface area contributed by atoms with E-state index in [2.05, 4.69) is 4.98 Å². The van der Waals surface area contributed by atoms with Gasteiger partial charge in [0.1, 0.15) is 10.7 Å². The first-order valence-corrected chi connectivity index (χ1v) is 8.77. The molecule has 1 fully saturated rings. The monoisotopic (exact) mass is 364 g/mol. The molecule has 2 N–H and O–H groups in total. The highest BCUT2D eigenvalue weighted by atomic mass is 35.5. The van der Waals surface area contributed by atoms with Crippen molar-refractivity contribution >= 4 is 40.6 Å². The molecule has 3 rings (SSSR count). The van der Waals surface area contributed by atoms with E-state index in [1.807, 2.05) is 17.2 Å². The number of thiophene rings is 1. The van der Waals surface area contributed by atoms with E-state index in [0.29, 0.717) is 47.5 Å². The van der Waals surface area contributed by atoms with Crippen molar-refractivity contribution in [2.75, 3.05) is 31.1 Å². The summed E-state index contributed by atoms with van der Waals surface area (Å²) in [6.45, 7) is 4.15. The first-order chi connectivity index (χ1) is 11.5. The van der Waals surface area contributed by atoms with Gasteiger partial charge in [-0.15, -0.1) is 11.3 Å². The topological polar surface area (TPSA) is 79.5 Å². The molecule has 0 bridgehead atoms. The second kappa shape index (κ2) is 6.78. The third-order valence-corrected chi connectivity index (χ3v) is 5.70. The molecule has 2 aromatic heterocycles. The van der Waals surface area contributed by atoms with Gasteiger partial charge in [-0.2, -0.15) is 0 Å². The molecule has 1 saturated heterocycles. The zero-order valence-corrected chi connectivity index (χ0v) is 14.7. The molecular weight excluding hydrogens is 348 g/mol. The van der Waals surface area contributed by atoms with Crippen molar-refractivity contribution in [3.05, 3.63) is 44.7 Å². The minimum atomic E-state index is -0.502. The van der Waals surface area contributed by atoms with Crippen LogP contribution in [0, 0.1) is 6.92 Å². The molecular formula is C16H17ClN4O2S. The van der Waals surface area contributed by atoms with Crippen molar-refractivity contribution in [3.8, 4) is 0 Å². The number of pyridine rings is 1. The standard InChI is InChI=1S/C16H17ClN4O2S/c1-10-9-24-13(12(10)17)16(23)21-7-5-20(6-8-21)15-11(14(18)22)3-2-4-19-15/h2-4,9H,5-8H2,1H3,(H2,18,22). The van der Waals surface area contributed by atoms with Crippen molar-refractivity contribution in [3.63, 3.8) is 0 Å². The van der Waals surface area contributed by atoms with Crippen LogP contribution in [0.3, 0.4) is 0 Å². The summed E-state index contributed by atoms with van der Waals surface area (Å²) in [5, 5.41) is 2.42. The molecule has 0 radical (unpaired) electrons. The van der Waals surface area contributed by atoms with Crippen LogP contribution in [0.25, 0.3) is 0 Å². The molecule has 8 heteroatoms. The predicted molar refractivity (Wildman–Crippen MR) is 94.9 cm³/mol. The lowest BCUT2D eigenvalue weighted by atomic mass is 10.2. The first-order valence-electron chi connectivity index (χ1n) is 7.51. The summed E-state index contributed by atoms with van der Waals surface area (Å²) in [6.07, 6.45) is 1.63. The van der Waals surface area contributed by atoms with Crippen LogP contribution in [0.5, 0.6) is 0 Å². The summed E-state index contributed by atoms with van der Waals surface area (Å²) >= 11 is 7.57. The fourth-order valence-corrected chi connectivity index (χ4v) is 3.92. The molecule has 0 aliphatic carbocycles. The highest BCUT2D eigenvalue weighted by Crippen LogP contribution is 2.29. The van der Waals surface area contributed by atoms with Crippen LogP contribution in [0.4, 0.5) is 5.82 Å². The molecule has 0 saturated carbocycles. The largest absolute Gasteiger partial charge is 0.365 e. The Bertz CT molecular complexity index is 784. The number of nitrogens with two attached hydrogens (primary N) is 1.